The largest absolute Gasteiger partial charge is 0.495 e. The van der Waals surface area contributed by atoms with Crippen LogP contribution in [0.25, 0.3) is 0 Å². The maximum atomic E-state index is 6.52. The van der Waals surface area contributed by atoms with E-state index in [1.54, 1.807) is 19.2 Å². The van der Waals surface area contributed by atoms with E-state index >= 15 is 0 Å². The summed E-state index contributed by atoms with van der Waals surface area (Å²) in [5.74, 6) is 0.536. The fraction of sp³-hybridized carbons (Fsp3) is 0.200. The van der Waals surface area contributed by atoms with Crippen LogP contribution in [-0.4, -0.2) is 7.11 Å². The lowest BCUT2D eigenvalue weighted by Crippen LogP contribution is -1.96. The van der Waals surface area contributed by atoms with E-state index in [-0.39, 0.29) is 5.38 Å². The lowest BCUT2D eigenvalue weighted by atomic mass is 10.0. The molecule has 0 aliphatic rings. The number of rotatable bonds is 3. The Balaban J connectivity index is 2.45. The molecule has 0 radical (unpaired) electrons. The zero-order valence-corrected chi connectivity index (χ0v) is 14.7. The van der Waals surface area contributed by atoms with E-state index in [4.69, 9.17) is 39.5 Å². The molecule has 0 bridgehead atoms. The molecule has 0 aliphatic carbocycles. The minimum Gasteiger partial charge on any atom is -0.495 e. The highest BCUT2D eigenvalue weighted by atomic mass is 79.9. The Hall–Kier alpha value is -0.410. The van der Waals surface area contributed by atoms with Gasteiger partial charge in [-0.25, -0.2) is 0 Å². The summed E-state index contributed by atoms with van der Waals surface area (Å²) < 4.78 is 6.14. The molecule has 5 heteroatoms. The molecule has 1 unspecified atom stereocenters. The first-order valence-electron chi connectivity index (χ1n) is 5.87. The molecule has 20 heavy (non-hydrogen) atoms. The van der Waals surface area contributed by atoms with Crippen LogP contribution in [0.3, 0.4) is 0 Å². The molecule has 0 heterocycles. The van der Waals surface area contributed by atoms with Gasteiger partial charge in [0.25, 0.3) is 0 Å². The number of methoxy groups -OCH3 is 1. The molecule has 0 aromatic heterocycles. The van der Waals surface area contributed by atoms with Crippen molar-refractivity contribution in [3.05, 3.63) is 61.5 Å². The van der Waals surface area contributed by atoms with E-state index in [9.17, 15) is 0 Å². The van der Waals surface area contributed by atoms with Gasteiger partial charge < -0.3 is 4.74 Å². The summed E-state index contributed by atoms with van der Waals surface area (Å²) in [4.78, 5) is 0. The number of halogens is 4. The summed E-state index contributed by atoms with van der Waals surface area (Å²) in [5, 5.41) is 0.648. The molecular weight excluding hydrogens is 382 g/mol. The molecule has 0 spiro atoms. The third-order valence-corrected chi connectivity index (χ3v) is 5.00. The van der Waals surface area contributed by atoms with E-state index in [0.29, 0.717) is 15.8 Å². The Kier molecular flexibility index (Phi) is 5.25. The first-order valence-corrected chi connectivity index (χ1v) is 7.85. The van der Waals surface area contributed by atoms with E-state index in [1.165, 1.54) is 0 Å². The summed E-state index contributed by atoms with van der Waals surface area (Å²) in [6, 6.07) is 9.40. The SMILES string of the molecule is COc1cc(Cl)c(C(Cl)c2ccc(C)c(Br)c2)cc1Cl. The van der Waals surface area contributed by atoms with Crippen LogP contribution in [0.5, 0.6) is 5.75 Å². The predicted octanol–water partition coefficient (Wildman–Crippen LogP) is 6.40. The van der Waals surface area contributed by atoms with Crippen molar-refractivity contribution in [2.24, 2.45) is 0 Å². The lowest BCUT2D eigenvalue weighted by Gasteiger charge is -2.15. The third-order valence-electron chi connectivity index (χ3n) is 3.03. The number of ether oxygens (including phenoxy) is 1. The minimum absolute atomic E-state index is 0.372. The first kappa shape index (κ1) is 16.0. The molecule has 2 rings (SSSR count). The first-order chi connectivity index (χ1) is 9.43. The highest BCUT2D eigenvalue weighted by Crippen LogP contribution is 2.39. The Labute approximate surface area is 141 Å². The minimum atomic E-state index is -0.372. The fourth-order valence-corrected chi connectivity index (χ4v) is 3.12. The van der Waals surface area contributed by atoms with Crippen LogP contribution in [0.15, 0.2) is 34.8 Å². The fourth-order valence-electron chi connectivity index (χ4n) is 1.84. The lowest BCUT2D eigenvalue weighted by molar-refractivity contribution is 0.415. The van der Waals surface area contributed by atoms with Crippen LogP contribution < -0.4 is 4.74 Å². The zero-order valence-electron chi connectivity index (χ0n) is 10.9. The van der Waals surface area contributed by atoms with Crippen molar-refractivity contribution in [3.63, 3.8) is 0 Å². The van der Waals surface area contributed by atoms with Gasteiger partial charge in [0.15, 0.2) is 0 Å². The van der Waals surface area contributed by atoms with E-state index in [1.807, 2.05) is 25.1 Å². The van der Waals surface area contributed by atoms with Crippen molar-refractivity contribution in [1.82, 2.24) is 0 Å². The van der Waals surface area contributed by atoms with E-state index < -0.39 is 0 Å². The molecule has 2 aromatic rings. The van der Waals surface area contributed by atoms with Gasteiger partial charge in [-0.3, -0.25) is 0 Å². The average molecular weight is 395 g/mol. The van der Waals surface area contributed by atoms with Gasteiger partial charge in [-0.2, -0.15) is 0 Å². The van der Waals surface area contributed by atoms with Crippen LogP contribution in [0.1, 0.15) is 22.1 Å². The smallest absolute Gasteiger partial charge is 0.138 e. The van der Waals surface area contributed by atoms with Crippen molar-refractivity contribution in [2.75, 3.05) is 7.11 Å². The number of hydrogen-bond acceptors (Lipinski definition) is 1. The zero-order chi connectivity index (χ0) is 14.9. The van der Waals surface area contributed by atoms with Crippen LogP contribution in [-0.2, 0) is 0 Å². The van der Waals surface area contributed by atoms with Crippen molar-refractivity contribution in [2.45, 2.75) is 12.3 Å². The molecule has 0 N–H and O–H groups in total. The quantitative estimate of drug-likeness (QED) is 0.547. The Morgan fingerprint density at radius 1 is 1.10 bits per heavy atom. The summed E-state index contributed by atoms with van der Waals surface area (Å²) >= 11 is 22.4. The summed E-state index contributed by atoms with van der Waals surface area (Å²) in [7, 11) is 1.55. The summed E-state index contributed by atoms with van der Waals surface area (Å²) in [6.07, 6.45) is 0. The van der Waals surface area contributed by atoms with Crippen molar-refractivity contribution >= 4 is 50.7 Å². The predicted molar refractivity (Wildman–Crippen MR) is 89.6 cm³/mol. The Morgan fingerprint density at radius 2 is 1.80 bits per heavy atom. The average Bonchev–Trinajstić information content (AvgIpc) is 2.43. The van der Waals surface area contributed by atoms with Gasteiger partial charge in [0, 0.05) is 15.6 Å². The Bertz CT molecular complexity index is 643. The molecular formula is C15H12BrCl3O. The second kappa shape index (κ2) is 6.57. The van der Waals surface area contributed by atoms with Gasteiger partial charge in [0.1, 0.15) is 5.75 Å². The number of benzene rings is 2. The molecule has 106 valence electrons. The summed E-state index contributed by atoms with van der Waals surface area (Å²) in [5.41, 5.74) is 2.86. The van der Waals surface area contributed by atoms with Gasteiger partial charge in [-0.05, 0) is 35.7 Å². The Morgan fingerprint density at radius 3 is 2.40 bits per heavy atom. The van der Waals surface area contributed by atoms with Gasteiger partial charge in [0.05, 0.1) is 17.5 Å². The van der Waals surface area contributed by atoms with Crippen LogP contribution >= 0.6 is 50.7 Å². The van der Waals surface area contributed by atoms with E-state index in [2.05, 4.69) is 15.9 Å². The molecule has 2 aromatic carbocycles. The van der Waals surface area contributed by atoms with Crippen molar-refractivity contribution in [1.29, 1.82) is 0 Å². The third kappa shape index (κ3) is 3.25. The van der Waals surface area contributed by atoms with Crippen LogP contribution in [0.4, 0.5) is 0 Å². The van der Waals surface area contributed by atoms with Gasteiger partial charge in [0.2, 0.25) is 0 Å². The number of hydrogen-bond donors (Lipinski definition) is 0. The maximum absolute atomic E-state index is 6.52. The van der Waals surface area contributed by atoms with Crippen molar-refractivity contribution < 1.29 is 4.74 Å². The van der Waals surface area contributed by atoms with Gasteiger partial charge in [-0.15, -0.1) is 11.6 Å². The highest BCUT2D eigenvalue weighted by Gasteiger charge is 2.17. The molecule has 0 saturated heterocycles. The second-order valence-corrected chi connectivity index (χ2v) is 6.48. The van der Waals surface area contributed by atoms with Gasteiger partial charge in [-0.1, -0.05) is 51.3 Å². The standard InChI is InChI=1S/C15H12BrCl3O/c1-8-3-4-9(5-11(8)16)15(19)10-6-13(18)14(20-2)7-12(10)17/h3-7,15H,1-2H3. The molecule has 1 nitrogen and oxygen atoms in total. The van der Waals surface area contributed by atoms with E-state index in [0.717, 1.165) is 21.2 Å². The normalized spacial score (nSPS) is 12.3. The van der Waals surface area contributed by atoms with Crippen LogP contribution in [0, 0.1) is 6.92 Å². The summed E-state index contributed by atoms with van der Waals surface area (Å²) in [6.45, 7) is 2.02. The van der Waals surface area contributed by atoms with Crippen LogP contribution in [0.2, 0.25) is 10.0 Å². The van der Waals surface area contributed by atoms with Crippen molar-refractivity contribution in [3.8, 4) is 5.75 Å². The topological polar surface area (TPSA) is 9.23 Å². The molecule has 0 saturated carbocycles. The second-order valence-electron chi connectivity index (χ2n) is 4.38. The van der Waals surface area contributed by atoms with Gasteiger partial charge >= 0.3 is 0 Å². The maximum Gasteiger partial charge on any atom is 0.138 e. The monoisotopic (exact) mass is 392 g/mol. The molecule has 0 amide bonds. The highest BCUT2D eigenvalue weighted by molar-refractivity contribution is 9.10. The number of aryl methyl sites for hydroxylation is 1. The number of alkyl halides is 1. The molecule has 1 atom stereocenters. The molecule has 0 aliphatic heterocycles. The molecule has 0 fully saturated rings.